The predicted octanol–water partition coefficient (Wildman–Crippen LogP) is 1.26. The number of carbonyl (C=O) groups excluding carboxylic acids is 1. The lowest BCUT2D eigenvalue weighted by Gasteiger charge is -2.31. The number of methoxy groups -OCH3 is 1. The van der Waals surface area contributed by atoms with E-state index < -0.39 is 0 Å². The lowest BCUT2D eigenvalue weighted by molar-refractivity contribution is -0.145. The first-order valence-corrected chi connectivity index (χ1v) is 8.12. The van der Waals surface area contributed by atoms with Gasteiger partial charge in [-0.25, -0.2) is 4.68 Å². The van der Waals surface area contributed by atoms with Crippen molar-refractivity contribution in [2.24, 2.45) is 5.92 Å². The molecule has 3 heterocycles. The Hall–Kier alpha value is -2.38. The number of rotatable bonds is 2. The average Bonchev–Trinajstić information content (AvgIpc) is 2.99. The largest absolute Gasteiger partial charge is 0.469 e. The molecule has 3 rings (SSSR count). The van der Waals surface area contributed by atoms with Gasteiger partial charge in [0.2, 0.25) is 5.95 Å². The van der Waals surface area contributed by atoms with Crippen LogP contribution in [0.1, 0.15) is 33.6 Å². The van der Waals surface area contributed by atoms with Crippen LogP contribution in [-0.2, 0) is 15.1 Å². The fourth-order valence-electron chi connectivity index (χ4n) is 3.08. The lowest BCUT2D eigenvalue weighted by Crippen LogP contribution is -2.40. The molecule has 8 heteroatoms. The number of anilines is 1. The van der Waals surface area contributed by atoms with Crippen LogP contribution in [0.15, 0.2) is 11.0 Å². The minimum atomic E-state index is -0.281. The number of aromatic amines is 1. The van der Waals surface area contributed by atoms with Crippen molar-refractivity contribution in [3.63, 3.8) is 0 Å². The summed E-state index contributed by atoms with van der Waals surface area (Å²) >= 11 is 0. The van der Waals surface area contributed by atoms with Gasteiger partial charge in [0.05, 0.1) is 24.8 Å². The molecule has 0 amide bonds. The minimum absolute atomic E-state index is 0.197. The molecule has 0 spiro atoms. The molecule has 2 aromatic heterocycles. The second-order valence-electron chi connectivity index (χ2n) is 7.16. The first kappa shape index (κ1) is 16.5. The van der Waals surface area contributed by atoms with Gasteiger partial charge in [-0.2, -0.15) is 10.1 Å². The molecule has 8 nitrogen and oxygen atoms in total. The van der Waals surface area contributed by atoms with Gasteiger partial charge < -0.3 is 9.64 Å². The molecule has 1 aliphatic rings. The highest BCUT2D eigenvalue weighted by atomic mass is 16.5. The monoisotopic (exact) mass is 333 g/mol. The Morgan fingerprint density at radius 3 is 2.83 bits per heavy atom. The summed E-state index contributed by atoms with van der Waals surface area (Å²) in [6.07, 6.45) is 3.18. The second-order valence-corrected chi connectivity index (χ2v) is 7.16. The number of hydrogen-bond donors (Lipinski definition) is 1. The quantitative estimate of drug-likeness (QED) is 0.832. The van der Waals surface area contributed by atoms with Gasteiger partial charge in [0.25, 0.3) is 5.56 Å². The van der Waals surface area contributed by atoms with Gasteiger partial charge in [0.15, 0.2) is 5.65 Å². The number of nitrogens with one attached hydrogen (secondary N) is 1. The number of carbonyl (C=O) groups is 1. The maximum Gasteiger partial charge on any atom is 0.310 e. The third kappa shape index (κ3) is 2.88. The van der Waals surface area contributed by atoms with Crippen LogP contribution in [0.3, 0.4) is 0 Å². The fourth-order valence-corrected chi connectivity index (χ4v) is 3.08. The van der Waals surface area contributed by atoms with Crippen LogP contribution >= 0.6 is 0 Å². The van der Waals surface area contributed by atoms with Crippen molar-refractivity contribution in [3.8, 4) is 0 Å². The summed E-state index contributed by atoms with van der Waals surface area (Å²) < 4.78 is 6.60. The maximum absolute atomic E-state index is 12.4. The number of H-pyrrole nitrogens is 1. The van der Waals surface area contributed by atoms with Crippen LogP contribution in [0.25, 0.3) is 11.0 Å². The average molecular weight is 333 g/mol. The Labute approximate surface area is 139 Å². The van der Waals surface area contributed by atoms with E-state index in [0.29, 0.717) is 23.5 Å². The van der Waals surface area contributed by atoms with Crippen molar-refractivity contribution < 1.29 is 9.53 Å². The van der Waals surface area contributed by atoms with Gasteiger partial charge >= 0.3 is 5.97 Å². The molecule has 0 aromatic carbocycles. The molecule has 2 aromatic rings. The van der Waals surface area contributed by atoms with E-state index in [-0.39, 0.29) is 23.0 Å². The van der Waals surface area contributed by atoms with Crippen molar-refractivity contribution in [1.82, 2.24) is 19.7 Å². The zero-order valence-corrected chi connectivity index (χ0v) is 14.5. The summed E-state index contributed by atoms with van der Waals surface area (Å²) in [7, 11) is 1.40. The number of esters is 1. The zero-order chi connectivity index (χ0) is 17.5. The summed E-state index contributed by atoms with van der Waals surface area (Å²) in [4.78, 5) is 33.6. The van der Waals surface area contributed by atoms with Crippen LogP contribution in [0.4, 0.5) is 5.95 Å². The lowest BCUT2D eigenvalue weighted by atomic mass is 9.98. The van der Waals surface area contributed by atoms with Crippen LogP contribution in [-0.4, -0.2) is 45.9 Å². The van der Waals surface area contributed by atoms with Crippen molar-refractivity contribution >= 4 is 23.0 Å². The summed E-state index contributed by atoms with van der Waals surface area (Å²) in [5.41, 5.74) is 0.0585. The molecule has 130 valence electrons. The normalized spacial score (nSPS) is 18.8. The smallest absolute Gasteiger partial charge is 0.310 e. The van der Waals surface area contributed by atoms with E-state index in [4.69, 9.17) is 4.74 Å². The molecule has 1 fully saturated rings. The Balaban J connectivity index is 2.01. The third-order valence-corrected chi connectivity index (χ3v) is 4.32. The molecule has 24 heavy (non-hydrogen) atoms. The SMILES string of the molecule is COC(=O)[C@@H]1CCCN(c2nc3c(cnn3C(C)(C)C)c(=O)[nH]2)C1. The number of fused-ring (bicyclic) bond motifs is 1. The second kappa shape index (κ2) is 5.92. The summed E-state index contributed by atoms with van der Waals surface area (Å²) in [5.74, 6) is 0.0623. The van der Waals surface area contributed by atoms with E-state index in [1.165, 1.54) is 7.11 Å². The highest BCUT2D eigenvalue weighted by molar-refractivity contribution is 5.75. The Kier molecular flexibility index (Phi) is 4.06. The number of piperidine rings is 1. The predicted molar refractivity (Wildman–Crippen MR) is 90.1 cm³/mol. The minimum Gasteiger partial charge on any atom is -0.469 e. The molecular weight excluding hydrogens is 310 g/mol. The number of ether oxygens (including phenoxy) is 1. The van der Waals surface area contributed by atoms with Gasteiger partial charge in [-0.3, -0.25) is 14.6 Å². The van der Waals surface area contributed by atoms with Crippen molar-refractivity contribution in [3.05, 3.63) is 16.6 Å². The topological polar surface area (TPSA) is 93.1 Å². The summed E-state index contributed by atoms with van der Waals surface area (Å²) in [5, 5.41) is 4.78. The third-order valence-electron chi connectivity index (χ3n) is 4.32. The van der Waals surface area contributed by atoms with Crippen LogP contribution < -0.4 is 10.5 Å². The van der Waals surface area contributed by atoms with Crippen molar-refractivity contribution in [1.29, 1.82) is 0 Å². The summed E-state index contributed by atoms with van der Waals surface area (Å²) in [6.45, 7) is 7.26. The first-order valence-electron chi connectivity index (χ1n) is 8.12. The van der Waals surface area contributed by atoms with Crippen LogP contribution in [0.5, 0.6) is 0 Å². The number of nitrogens with zero attached hydrogens (tertiary/aromatic N) is 4. The first-order chi connectivity index (χ1) is 11.3. The van der Waals surface area contributed by atoms with Gasteiger partial charge in [-0.05, 0) is 33.6 Å². The number of hydrogen-bond acceptors (Lipinski definition) is 6. The van der Waals surface area contributed by atoms with Crippen LogP contribution in [0, 0.1) is 5.92 Å². The van der Waals surface area contributed by atoms with E-state index in [1.54, 1.807) is 10.9 Å². The highest BCUT2D eigenvalue weighted by Crippen LogP contribution is 2.23. The molecule has 0 saturated carbocycles. The van der Waals surface area contributed by atoms with Crippen molar-refractivity contribution in [2.75, 3.05) is 25.1 Å². The molecular formula is C16H23N5O3. The van der Waals surface area contributed by atoms with E-state index >= 15 is 0 Å². The highest BCUT2D eigenvalue weighted by Gasteiger charge is 2.28. The molecule has 1 atom stereocenters. The Morgan fingerprint density at radius 2 is 2.17 bits per heavy atom. The molecule has 0 bridgehead atoms. The zero-order valence-electron chi connectivity index (χ0n) is 14.5. The van der Waals surface area contributed by atoms with Gasteiger partial charge in [0.1, 0.15) is 5.39 Å². The van der Waals surface area contributed by atoms with Crippen LogP contribution in [0.2, 0.25) is 0 Å². The standard InChI is InChI=1S/C16H23N5O3/c1-16(2,3)21-12-11(8-17-21)13(22)19-15(18-12)20-7-5-6-10(9-20)14(23)24-4/h8,10H,5-7,9H2,1-4H3,(H,18,19,22)/t10-/m1/s1. The molecule has 0 aliphatic carbocycles. The molecule has 0 radical (unpaired) electrons. The summed E-state index contributed by atoms with van der Waals surface area (Å²) in [6, 6.07) is 0. The Morgan fingerprint density at radius 1 is 1.42 bits per heavy atom. The fraction of sp³-hybridized carbons (Fsp3) is 0.625. The van der Waals surface area contributed by atoms with E-state index in [1.807, 2.05) is 25.7 Å². The maximum atomic E-state index is 12.4. The molecule has 1 saturated heterocycles. The Bertz CT molecular complexity index is 817. The molecule has 1 aliphatic heterocycles. The van der Waals surface area contributed by atoms with Gasteiger partial charge in [-0.1, -0.05) is 0 Å². The van der Waals surface area contributed by atoms with E-state index in [0.717, 1.165) is 19.4 Å². The molecule has 0 unspecified atom stereocenters. The number of aromatic nitrogens is 4. The van der Waals surface area contributed by atoms with Crippen molar-refractivity contribution in [2.45, 2.75) is 39.2 Å². The molecule has 1 N–H and O–H groups in total. The van der Waals surface area contributed by atoms with E-state index in [2.05, 4.69) is 15.1 Å². The van der Waals surface area contributed by atoms with Gasteiger partial charge in [-0.15, -0.1) is 0 Å². The van der Waals surface area contributed by atoms with Gasteiger partial charge in [0, 0.05) is 13.1 Å². The van der Waals surface area contributed by atoms with E-state index in [9.17, 15) is 9.59 Å².